The van der Waals surface area contributed by atoms with Crippen LogP contribution in [0.1, 0.15) is 97.3 Å². The van der Waals surface area contributed by atoms with Crippen molar-refractivity contribution in [1.29, 1.82) is 0 Å². The molecule has 0 aromatic rings. The summed E-state index contributed by atoms with van der Waals surface area (Å²) in [6, 6.07) is 0. The molecule has 1 aliphatic rings. The summed E-state index contributed by atoms with van der Waals surface area (Å²) in [5.41, 5.74) is 0. The van der Waals surface area contributed by atoms with Crippen LogP contribution in [0, 0.1) is 0 Å². The quantitative estimate of drug-likeness (QED) is 0.395. The van der Waals surface area contributed by atoms with E-state index in [2.05, 4.69) is 13.8 Å². The second kappa shape index (κ2) is 11.6. The van der Waals surface area contributed by atoms with Gasteiger partial charge in [-0.1, -0.05) is 78.1 Å². The molecule has 0 atom stereocenters. The number of ether oxygens (including phenoxy) is 2. The van der Waals surface area contributed by atoms with E-state index in [1.807, 2.05) is 0 Å². The highest BCUT2D eigenvalue weighted by Crippen LogP contribution is 2.30. The van der Waals surface area contributed by atoms with Crippen LogP contribution in [0.25, 0.3) is 0 Å². The SMILES string of the molecule is CCCCCCCCCCCCC1(CCC)OCCO1. The normalized spacial score (nSPS) is 17.7. The molecule has 0 saturated carbocycles. The molecular weight excluding hydrogens is 248 g/mol. The van der Waals surface area contributed by atoms with E-state index in [9.17, 15) is 0 Å². The van der Waals surface area contributed by atoms with E-state index in [1.165, 1.54) is 64.2 Å². The zero-order valence-corrected chi connectivity index (χ0v) is 13.9. The third kappa shape index (κ3) is 7.64. The van der Waals surface area contributed by atoms with Crippen molar-refractivity contribution in [3.63, 3.8) is 0 Å². The molecule has 2 heteroatoms. The summed E-state index contributed by atoms with van der Waals surface area (Å²) >= 11 is 0. The van der Waals surface area contributed by atoms with Gasteiger partial charge in [0.15, 0.2) is 5.79 Å². The van der Waals surface area contributed by atoms with Crippen LogP contribution in [-0.2, 0) is 9.47 Å². The van der Waals surface area contributed by atoms with Crippen LogP contribution in [0.4, 0.5) is 0 Å². The smallest absolute Gasteiger partial charge is 0.168 e. The molecule has 0 aromatic carbocycles. The van der Waals surface area contributed by atoms with Gasteiger partial charge in [0.25, 0.3) is 0 Å². The summed E-state index contributed by atoms with van der Waals surface area (Å²) in [5, 5.41) is 0. The van der Waals surface area contributed by atoms with Crippen LogP contribution in [0.15, 0.2) is 0 Å². The van der Waals surface area contributed by atoms with E-state index >= 15 is 0 Å². The Bertz CT molecular complexity index is 209. The first-order chi connectivity index (χ1) is 9.83. The minimum atomic E-state index is -0.213. The molecule has 1 saturated heterocycles. The fraction of sp³-hybridized carbons (Fsp3) is 1.00. The molecule has 0 aromatic heterocycles. The maximum Gasteiger partial charge on any atom is 0.168 e. The molecule has 0 bridgehead atoms. The Kier molecular flexibility index (Phi) is 10.4. The van der Waals surface area contributed by atoms with Gasteiger partial charge in [-0.05, 0) is 6.42 Å². The van der Waals surface area contributed by atoms with E-state index in [0.29, 0.717) is 0 Å². The van der Waals surface area contributed by atoms with Gasteiger partial charge in [-0.2, -0.15) is 0 Å². The summed E-state index contributed by atoms with van der Waals surface area (Å²) < 4.78 is 11.7. The highest BCUT2D eigenvalue weighted by Gasteiger charge is 2.34. The summed E-state index contributed by atoms with van der Waals surface area (Å²) in [6.45, 7) is 6.07. The number of hydrogen-bond donors (Lipinski definition) is 0. The standard InChI is InChI=1S/C18H36O2/c1-3-5-6-7-8-9-10-11-12-13-15-18(14-4-2)19-16-17-20-18/h3-17H2,1-2H3. The van der Waals surface area contributed by atoms with Crippen molar-refractivity contribution in [2.45, 2.75) is 103 Å². The average molecular weight is 284 g/mol. The van der Waals surface area contributed by atoms with Crippen molar-refractivity contribution in [3.8, 4) is 0 Å². The van der Waals surface area contributed by atoms with Crippen LogP contribution >= 0.6 is 0 Å². The molecule has 120 valence electrons. The Morgan fingerprint density at radius 1 is 0.600 bits per heavy atom. The maximum atomic E-state index is 5.84. The fourth-order valence-corrected chi connectivity index (χ4v) is 3.17. The van der Waals surface area contributed by atoms with Crippen molar-refractivity contribution in [3.05, 3.63) is 0 Å². The molecule has 20 heavy (non-hydrogen) atoms. The molecule has 1 fully saturated rings. The molecular formula is C18H36O2. The molecule has 0 amide bonds. The van der Waals surface area contributed by atoms with Gasteiger partial charge in [-0.3, -0.25) is 0 Å². The monoisotopic (exact) mass is 284 g/mol. The Balaban J connectivity index is 1.91. The van der Waals surface area contributed by atoms with E-state index in [1.54, 1.807) is 0 Å². The lowest BCUT2D eigenvalue weighted by Gasteiger charge is -2.26. The first kappa shape index (κ1) is 18.0. The molecule has 0 aliphatic carbocycles. The van der Waals surface area contributed by atoms with Gasteiger partial charge >= 0.3 is 0 Å². The van der Waals surface area contributed by atoms with Crippen molar-refractivity contribution in [2.24, 2.45) is 0 Å². The second-order valence-corrected chi connectivity index (χ2v) is 6.29. The van der Waals surface area contributed by atoms with Crippen LogP contribution in [0.2, 0.25) is 0 Å². The zero-order valence-electron chi connectivity index (χ0n) is 13.9. The lowest BCUT2D eigenvalue weighted by atomic mass is 10.0. The highest BCUT2D eigenvalue weighted by atomic mass is 16.7. The van der Waals surface area contributed by atoms with Crippen molar-refractivity contribution < 1.29 is 9.47 Å². The van der Waals surface area contributed by atoms with Crippen molar-refractivity contribution in [1.82, 2.24) is 0 Å². The fourth-order valence-electron chi connectivity index (χ4n) is 3.17. The van der Waals surface area contributed by atoms with Gasteiger partial charge in [0.1, 0.15) is 0 Å². The van der Waals surface area contributed by atoms with Crippen LogP contribution in [0.5, 0.6) is 0 Å². The number of unbranched alkanes of at least 4 members (excludes halogenated alkanes) is 9. The lowest BCUT2D eigenvalue weighted by Crippen LogP contribution is -2.29. The average Bonchev–Trinajstić information content (AvgIpc) is 2.90. The Morgan fingerprint density at radius 3 is 1.60 bits per heavy atom. The first-order valence-electron chi connectivity index (χ1n) is 9.11. The molecule has 1 rings (SSSR count). The van der Waals surface area contributed by atoms with Gasteiger partial charge in [0, 0.05) is 12.8 Å². The van der Waals surface area contributed by atoms with Gasteiger partial charge in [0.2, 0.25) is 0 Å². The van der Waals surface area contributed by atoms with Crippen LogP contribution < -0.4 is 0 Å². The largest absolute Gasteiger partial charge is 0.348 e. The van der Waals surface area contributed by atoms with E-state index in [-0.39, 0.29) is 5.79 Å². The predicted molar refractivity (Wildman–Crippen MR) is 86.0 cm³/mol. The molecule has 1 heterocycles. The first-order valence-corrected chi connectivity index (χ1v) is 9.11. The van der Waals surface area contributed by atoms with E-state index < -0.39 is 0 Å². The minimum absolute atomic E-state index is 0.213. The lowest BCUT2D eigenvalue weighted by molar-refractivity contribution is -0.167. The second-order valence-electron chi connectivity index (χ2n) is 6.29. The number of rotatable bonds is 13. The third-order valence-electron chi connectivity index (χ3n) is 4.36. The Labute approximate surface area is 126 Å². The van der Waals surface area contributed by atoms with Gasteiger partial charge in [-0.25, -0.2) is 0 Å². The molecule has 0 radical (unpaired) electrons. The maximum absolute atomic E-state index is 5.84. The van der Waals surface area contributed by atoms with Gasteiger partial charge in [-0.15, -0.1) is 0 Å². The van der Waals surface area contributed by atoms with Crippen molar-refractivity contribution in [2.75, 3.05) is 13.2 Å². The Hall–Kier alpha value is -0.0800. The summed E-state index contributed by atoms with van der Waals surface area (Å²) in [5.74, 6) is -0.213. The zero-order chi connectivity index (χ0) is 14.5. The molecule has 2 nitrogen and oxygen atoms in total. The van der Waals surface area contributed by atoms with Crippen LogP contribution in [-0.4, -0.2) is 19.0 Å². The van der Waals surface area contributed by atoms with Crippen molar-refractivity contribution >= 4 is 0 Å². The predicted octanol–water partition coefficient (Wildman–Crippen LogP) is 5.84. The van der Waals surface area contributed by atoms with Gasteiger partial charge in [0.05, 0.1) is 13.2 Å². The topological polar surface area (TPSA) is 18.5 Å². The summed E-state index contributed by atoms with van der Waals surface area (Å²) in [6.07, 6.45) is 17.2. The number of hydrogen-bond acceptors (Lipinski definition) is 2. The summed E-state index contributed by atoms with van der Waals surface area (Å²) in [7, 11) is 0. The summed E-state index contributed by atoms with van der Waals surface area (Å²) in [4.78, 5) is 0. The van der Waals surface area contributed by atoms with E-state index in [0.717, 1.165) is 32.5 Å². The third-order valence-corrected chi connectivity index (χ3v) is 4.36. The van der Waals surface area contributed by atoms with Gasteiger partial charge < -0.3 is 9.47 Å². The minimum Gasteiger partial charge on any atom is -0.348 e. The van der Waals surface area contributed by atoms with E-state index in [4.69, 9.17) is 9.47 Å². The molecule has 1 aliphatic heterocycles. The molecule has 0 unspecified atom stereocenters. The van der Waals surface area contributed by atoms with Crippen LogP contribution in [0.3, 0.4) is 0 Å². The molecule has 0 spiro atoms. The molecule has 0 N–H and O–H groups in total. The Morgan fingerprint density at radius 2 is 1.10 bits per heavy atom. The highest BCUT2D eigenvalue weighted by molar-refractivity contribution is 4.73.